The van der Waals surface area contributed by atoms with E-state index in [9.17, 15) is 4.79 Å². The van der Waals surface area contributed by atoms with E-state index in [0.717, 1.165) is 36.9 Å². The van der Waals surface area contributed by atoms with Crippen molar-refractivity contribution < 1.29 is 4.79 Å². The number of ketones is 1. The molecule has 2 aromatic rings. The lowest BCUT2D eigenvalue weighted by Gasteiger charge is -2.33. The molecular formula is C22H30N2OS. The topological polar surface area (TPSA) is 23.6 Å². The number of nitrogens with zero attached hydrogens (tertiary/aromatic N) is 2. The third-order valence-electron chi connectivity index (χ3n) is 5.20. The second-order valence-corrected chi connectivity index (χ2v) is 8.53. The Kier molecular flexibility index (Phi) is 7.00. The van der Waals surface area contributed by atoms with Gasteiger partial charge in [-0.2, -0.15) is 0 Å². The van der Waals surface area contributed by atoms with E-state index in [-0.39, 0.29) is 5.78 Å². The Morgan fingerprint density at radius 1 is 1.27 bits per heavy atom. The van der Waals surface area contributed by atoms with Crippen molar-refractivity contribution in [2.75, 3.05) is 33.2 Å². The fourth-order valence-corrected chi connectivity index (χ4v) is 4.66. The lowest BCUT2D eigenvalue weighted by molar-refractivity contribution is 0.102. The SMILES string of the molecule is CC(=O)c1cc(CN(CCc2ccccc2)C[C@H]2CCCN(C)C2)cs1. The normalized spacial score (nSPS) is 18.3. The van der Waals surface area contributed by atoms with E-state index in [0.29, 0.717) is 0 Å². The lowest BCUT2D eigenvalue weighted by Crippen LogP contribution is -2.39. The van der Waals surface area contributed by atoms with Gasteiger partial charge in [0.1, 0.15) is 0 Å². The first kappa shape index (κ1) is 19.3. The fraction of sp³-hybridized carbons (Fsp3) is 0.500. The maximum atomic E-state index is 11.6. The van der Waals surface area contributed by atoms with Crippen LogP contribution in [-0.4, -0.2) is 48.8 Å². The van der Waals surface area contributed by atoms with Gasteiger partial charge in [-0.25, -0.2) is 0 Å². The number of benzene rings is 1. The number of carbonyl (C=O) groups is 1. The molecule has 1 saturated heterocycles. The van der Waals surface area contributed by atoms with Crippen LogP contribution in [0.25, 0.3) is 0 Å². The average Bonchev–Trinajstić information content (AvgIpc) is 3.09. The summed E-state index contributed by atoms with van der Waals surface area (Å²) < 4.78 is 0. The van der Waals surface area contributed by atoms with Crippen molar-refractivity contribution in [3.8, 4) is 0 Å². The van der Waals surface area contributed by atoms with Gasteiger partial charge in [0.15, 0.2) is 5.78 Å². The van der Waals surface area contributed by atoms with E-state index in [4.69, 9.17) is 0 Å². The highest BCUT2D eigenvalue weighted by Gasteiger charge is 2.20. The first-order valence-corrected chi connectivity index (χ1v) is 10.5. The molecule has 0 spiro atoms. The van der Waals surface area contributed by atoms with Crippen LogP contribution in [0.1, 0.15) is 40.6 Å². The van der Waals surface area contributed by atoms with Crippen LogP contribution in [0.2, 0.25) is 0 Å². The van der Waals surface area contributed by atoms with E-state index in [1.807, 2.05) is 0 Å². The predicted octanol–water partition coefficient (Wildman–Crippen LogP) is 4.34. The molecule has 3 nitrogen and oxygen atoms in total. The molecule has 1 aromatic carbocycles. The van der Waals surface area contributed by atoms with Crippen molar-refractivity contribution in [3.63, 3.8) is 0 Å². The fourth-order valence-electron chi connectivity index (χ4n) is 3.86. The van der Waals surface area contributed by atoms with Gasteiger partial charge in [-0.05, 0) is 68.3 Å². The molecule has 1 aliphatic heterocycles. The molecule has 0 saturated carbocycles. The maximum Gasteiger partial charge on any atom is 0.169 e. The summed E-state index contributed by atoms with van der Waals surface area (Å²) in [6.45, 7) is 7.23. The Hall–Kier alpha value is -1.49. The zero-order chi connectivity index (χ0) is 18.4. The summed E-state index contributed by atoms with van der Waals surface area (Å²) in [5, 5.41) is 2.15. The summed E-state index contributed by atoms with van der Waals surface area (Å²) in [5.41, 5.74) is 2.67. The summed E-state index contributed by atoms with van der Waals surface area (Å²) in [5.74, 6) is 0.918. The molecule has 1 aromatic heterocycles. The average molecular weight is 371 g/mol. The van der Waals surface area contributed by atoms with Gasteiger partial charge in [-0.3, -0.25) is 9.69 Å². The first-order valence-electron chi connectivity index (χ1n) is 9.63. The van der Waals surface area contributed by atoms with E-state index in [1.165, 1.54) is 37.1 Å². The number of carbonyl (C=O) groups excluding carboxylic acids is 1. The van der Waals surface area contributed by atoms with Gasteiger partial charge in [0.2, 0.25) is 0 Å². The largest absolute Gasteiger partial charge is 0.306 e. The number of hydrogen-bond acceptors (Lipinski definition) is 4. The maximum absolute atomic E-state index is 11.6. The number of piperidine rings is 1. The van der Waals surface area contributed by atoms with Gasteiger partial charge < -0.3 is 4.90 Å². The summed E-state index contributed by atoms with van der Waals surface area (Å²) in [6, 6.07) is 12.8. The Labute approximate surface area is 161 Å². The zero-order valence-corrected chi connectivity index (χ0v) is 16.8. The highest BCUT2D eigenvalue weighted by Crippen LogP contribution is 2.21. The van der Waals surface area contributed by atoms with Crippen LogP contribution in [0.4, 0.5) is 0 Å². The molecule has 1 atom stereocenters. The third kappa shape index (κ3) is 5.76. The molecule has 0 radical (unpaired) electrons. The monoisotopic (exact) mass is 370 g/mol. The molecule has 26 heavy (non-hydrogen) atoms. The summed E-state index contributed by atoms with van der Waals surface area (Å²) >= 11 is 1.58. The smallest absolute Gasteiger partial charge is 0.169 e. The molecule has 140 valence electrons. The molecule has 1 aliphatic rings. The van der Waals surface area contributed by atoms with Crippen LogP contribution in [0, 0.1) is 5.92 Å². The predicted molar refractivity (Wildman–Crippen MR) is 110 cm³/mol. The molecule has 0 amide bonds. The number of thiophene rings is 1. The number of rotatable bonds is 8. The van der Waals surface area contributed by atoms with Gasteiger partial charge in [0, 0.05) is 26.2 Å². The van der Waals surface area contributed by atoms with Crippen molar-refractivity contribution in [1.29, 1.82) is 0 Å². The molecule has 0 unspecified atom stereocenters. The van der Waals surface area contributed by atoms with Crippen molar-refractivity contribution in [1.82, 2.24) is 9.80 Å². The van der Waals surface area contributed by atoms with Crippen LogP contribution >= 0.6 is 11.3 Å². The second kappa shape index (κ2) is 9.45. The van der Waals surface area contributed by atoms with Gasteiger partial charge in [0.05, 0.1) is 4.88 Å². The minimum atomic E-state index is 0.172. The minimum absolute atomic E-state index is 0.172. The molecule has 0 N–H and O–H groups in total. The van der Waals surface area contributed by atoms with Gasteiger partial charge in [0.25, 0.3) is 0 Å². The van der Waals surface area contributed by atoms with Crippen molar-refractivity contribution >= 4 is 17.1 Å². The van der Waals surface area contributed by atoms with Crippen molar-refractivity contribution in [2.45, 2.75) is 32.7 Å². The quantitative estimate of drug-likeness (QED) is 0.646. The zero-order valence-electron chi connectivity index (χ0n) is 16.0. The second-order valence-electron chi connectivity index (χ2n) is 7.62. The Morgan fingerprint density at radius 3 is 2.77 bits per heavy atom. The Bertz CT molecular complexity index is 697. The lowest BCUT2D eigenvalue weighted by atomic mass is 9.97. The molecule has 0 bridgehead atoms. The van der Waals surface area contributed by atoms with Crippen LogP contribution in [-0.2, 0) is 13.0 Å². The Morgan fingerprint density at radius 2 is 2.08 bits per heavy atom. The van der Waals surface area contributed by atoms with E-state index >= 15 is 0 Å². The van der Waals surface area contributed by atoms with Crippen molar-refractivity contribution in [3.05, 3.63) is 57.8 Å². The molecular weight excluding hydrogens is 340 g/mol. The summed E-state index contributed by atoms with van der Waals surface area (Å²) in [4.78, 5) is 17.5. The van der Waals surface area contributed by atoms with Gasteiger partial charge >= 0.3 is 0 Å². The standard InChI is InChI=1S/C22H30N2OS/c1-18(25)22-13-21(17-26-22)16-24(12-10-19-7-4-3-5-8-19)15-20-9-6-11-23(2)14-20/h3-5,7-8,13,17,20H,6,9-12,14-16H2,1-2H3/t20-/m0/s1. The van der Waals surface area contributed by atoms with E-state index in [1.54, 1.807) is 18.3 Å². The van der Waals surface area contributed by atoms with Crippen LogP contribution in [0.5, 0.6) is 0 Å². The van der Waals surface area contributed by atoms with Gasteiger partial charge in [-0.1, -0.05) is 30.3 Å². The molecule has 1 fully saturated rings. The van der Waals surface area contributed by atoms with E-state index in [2.05, 4.69) is 58.6 Å². The van der Waals surface area contributed by atoms with Crippen LogP contribution < -0.4 is 0 Å². The van der Waals surface area contributed by atoms with Gasteiger partial charge in [-0.15, -0.1) is 11.3 Å². The summed E-state index contributed by atoms with van der Waals surface area (Å²) in [7, 11) is 2.23. The van der Waals surface area contributed by atoms with Crippen LogP contribution in [0.3, 0.4) is 0 Å². The number of hydrogen-bond donors (Lipinski definition) is 0. The molecule has 3 rings (SSSR count). The third-order valence-corrected chi connectivity index (χ3v) is 6.28. The van der Waals surface area contributed by atoms with Crippen LogP contribution in [0.15, 0.2) is 41.8 Å². The Balaban J connectivity index is 1.64. The molecule has 2 heterocycles. The van der Waals surface area contributed by atoms with Crippen molar-refractivity contribution in [2.24, 2.45) is 5.92 Å². The highest BCUT2D eigenvalue weighted by molar-refractivity contribution is 7.12. The first-order chi connectivity index (χ1) is 12.6. The minimum Gasteiger partial charge on any atom is -0.306 e. The summed E-state index contributed by atoms with van der Waals surface area (Å²) in [6.07, 6.45) is 3.71. The molecule has 4 heteroatoms. The molecule has 0 aliphatic carbocycles. The number of likely N-dealkylation sites (tertiary alicyclic amines) is 1. The number of Topliss-reactive ketones (excluding diaryl/α,β-unsaturated/α-hetero) is 1. The highest BCUT2D eigenvalue weighted by atomic mass is 32.1. The van der Waals surface area contributed by atoms with E-state index < -0.39 is 0 Å².